The van der Waals surface area contributed by atoms with Gasteiger partial charge in [0.05, 0.1) is 18.1 Å². The third-order valence-electron chi connectivity index (χ3n) is 2.92. The van der Waals surface area contributed by atoms with E-state index in [1.54, 1.807) is 27.0 Å². The molecule has 0 aromatic heterocycles. The predicted molar refractivity (Wildman–Crippen MR) is 94.1 cm³/mol. The highest BCUT2D eigenvalue weighted by molar-refractivity contribution is 8.26. The average molecular weight is 351 g/mol. The first-order valence-corrected chi connectivity index (χ1v) is 8.22. The van der Waals surface area contributed by atoms with Crippen molar-refractivity contribution in [3.63, 3.8) is 0 Å². The molecule has 0 saturated carbocycles. The molecule has 0 radical (unpaired) electrons. The van der Waals surface area contributed by atoms with Crippen molar-refractivity contribution in [2.45, 2.75) is 20.0 Å². The average Bonchev–Trinajstić information content (AvgIpc) is 2.74. The number of amides is 1. The summed E-state index contributed by atoms with van der Waals surface area (Å²) in [7, 11) is 1.58. The summed E-state index contributed by atoms with van der Waals surface area (Å²) in [6, 6.07) is 7.34. The van der Waals surface area contributed by atoms with Crippen LogP contribution in [0.2, 0.25) is 0 Å². The lowest BCUT2D eigenvalue weighted by Crippen LogP contribution is -2.35. The molecule has 1 saturated heterocycles. The SMILES string of the molecule is COc1cccc(/C=C2\SC(=S)N(CC(=O)OC(C)C)C2=O)c1. The minimum absolute atomic E-state index is 0.168. The maximum atomic E-state index is 12.4. The van der Waals surface area contributed by atoms with E-state index < -0.39 is 5.97 Å². The second-order valence-electron chi connectivity index (χ2n) is 5.08. The van der Waals surface area contributed by atoms with Gasteiger partial charge < -0.3 is 9.47 Å². The van der Waals surface area contributed by atoms with Crippen LogP contribution in [0.25, 0.3) is 6.08 Å². The number of rotatable bonds is 5. The maximum Gasteiger partial charge on any atom is 0.326 e. The van der Waals surface area contributed by atoms with Crippen LogP contribution in [0.5, 0.6) is 5.75 Å². The molecule has 1 aliphatic rings. The van der Waals surface area contributed by atoms with Crippen molar-refractivity contribution in [1.82, 2.24) is 4.90 Å². The van der Waals surface area contributed by atoms with Crippen molar-refractivity contribution in [1.29, 1.82) is 0 Å². The third kappa shape index (κ3) is 4.56. The van der Waals surface area contributed by atoms with Gasteiger partial charge in [0, 0.05) is 0 Å². The first-order chi connectivity index (χ1) is 10.9. The molecule has 1 amide bonds. The van der Waals surface area contributed by atoms with Crippen LogP contribution >= 0.6 is 24.0 Å². The number of carbonyl (C=O) groups is 2. The molecule has 0 atom stereocenters. The molecule has 0 spiro atoms. The molecule has 1 aromatic rings. The summed E-state index contributed by atoms with van der Waals surface area (Å²) in [5.41, 5.74) is 0.828. The monoisotopic (exact) mass is 351 g/mol. The molecule has 122 valence electrons. The minimum Gasteiger partial charge on any atom is -0.497 e. The summed E-state index contributed by atoms with van der Waals surface area (Å²) in [4.78, 5) is 25.9. The number of ether oxygens (including phenoxy) is 2. The van der Waals surface area contributed by atoms with Crippen LogP contribution in [0, 0.1) is 0 Å². The van der Waals surface area contributed by atoms with Gasteiger partial charge in [0.1, 0.15) is 16.6 Å². The van der Waals surface area contributed by atoms with Crippen molar-refractivity contribution in [2.75, 3.05) is 13.7 Å². The number of thioether (sulfide) groups is 1. The van der Waals surface area contributed by atoms with Gasteiger partial charge in [-0.15, -0.1) is 0 Å². The fourth-order valence-corrected chi connectivity index (χ4v) is 3.20. The molecule has 0 aliphatic carbocycles. The number of methoxy groups -OCH3 is 1. The molecule has 1 fully saturated rings. The molecule has 2 rings (SSSR count). The van der Waals surface area contributed by atoms with Gasteiger partial charge in [-0.2, -0.15) is 0 Å². The topological polar surface area (TPSA) is 55.8 Å². The van der Waals surface area contributed by atoms with E-state index in [4.69, 9.17) is 21.7 Å². The summed E-state index contributed by atoms with van der Waals surface area (Å²) in [6.07, 6.45) is 1.50. The van der Waals surface area contributed by atoms with E-state index >= 15 is 0 Å². The van der Waals surface area contributed by atoms with E-state index in [2.05, 4.69) is 0 Å². The van der Waals surface area contributed by atoms with E-state index in [1.165, 1.54) is 16.7 Å². The summed E-state index contributed by atoms with van der Waals surface area (Å²) in [6.45, 7) is 3.34. The highest BCUT2D eigenvalue weighted by Crippen LogP contribution is 2.32. The van der Waals surface area contributed by atoms with E-state index in [0.717, 1.165) is 5.56 Å². The Bertz CT molecular complexity index is 670. The molecule has 1 aromatic carbocycles. The van der Waals surface area contributed by atoms with Crippen LogP contribution < -0.4 is 4.74 Å². The number of thiocarbonyl (C=S) groups is 1. The van der Waals surface area contributed by atoms with Crippen molar-refractivity contribution in [2.24, 2.45) is 0 Å². The normalized spacial score (nSPS) is 16.3. The van der Waals surface area contributed by atoms with Gasteiger partial charge in [-0.3, -0.25) is 14.5 Å². The highest BCUT2D eigenvalue weighted by atomic mass is 32.2. The molecule has 0 unspecified atom stereocenters. The van der Waals surface area contributed by atoms with Crippen molar-refractivity contribution in [3.8, 4) is 5.75 Å². The van der Waals surface area contributed by atoms with Gasteiger partial charge in [-0.05, 0) is 37.6 Å². The number of hydrogen-bond acceptors (Lipinski definition) is 6. The lowest BCUT2D eigenvalue weighted by molar-refractivity contribution is -0.149. The predicted octanol–water partition coefficient (Wildman–Crippen LogP) is 2.85. The zero-order valence-corrected chi connectivity index (χ0v) is 14.7. The van der Waals surface area contributed by atoms with Gasteiger partial charge in [-0.25, -0.2) is 0 Å². The van der Waals surface area contributed by atoms with Crippen LogP contribution in [0.15, 0.2) is 29.2 Å². The number of carbonyl (C=O) groups excluding carboxylic acids is 2. The molecular formula is C16H17NO4S2. The quantitative estimate of drug-likeness (QED) is 0.462. The van der Waals surface area contributed by atoms with Gasteiger partial charge in [0.25, 0.3) is 5.91 Å². The molecular weight excluding hydrogens is 334 g/mol. The minimum atomic E-state index is -0.473. The summed E-state index contributed by atoms with van der Waals surface area (Å²) >= 11 is 6.36. The Morgan fingerprint density at radius 2 is 2.17 bits per heavy atom. The molecule has 1 aliphatic heterocycles. The zero-order chi connectivity index (χ0) is 17.0. The summed E-state index contributed by atoms with van der Waals surface area (Å²) in [5.74, 6) is -0.0582. The number of hydrogen-bond donors (Lipinski definition) is 0. The second-order valence-corrected chi connectivity index (χ2v) is 6.76. The molecule has 7 heteroatoms. The van der Waals surface area contributed by atoms with Crippen LogP contribution in [0.3, 0.4) is 0 Å². The van der Waals surface area contributed by atoms with E-state index in [0.29, 0.717) is 15.0 Å². The van der Waals surface area contributed by atoms with Crippen LogP contribution in [0.4, 0.5) is 0 Å². The molecule has 0 bridgehead atoms. The van der Waals surface area contributed by atoms with E-state index in [9.17, 15) is 9.59 Å². The Morgan fingerprint density at radius 3 is 2.83 bits per heavy atom. The van der Waals surface area contributed by atoms with Crippen molar-refractivity contribution < 1.29 is 19.1 Å². The lowest BCUT2D eigenvalue weighted by Gasteiger charge is -2.14. The maximum absolute atomic E-state index is 12.4. The number of esters is 1. The standard InChI is InChI=1S/C16H17NO4S2/c1-10(2)21-14(18)9-17-15(19)13(23-16(17)22)8-11-5-4-6-12(7-11)20-3/h4-8,10H,9H2,1-3H3/b13-8-. The van der Waals surface area contributed by atoms with Gasteiger partial charge in [0.15, 0.2) is 0 Å². The fraction of sp³-hybridized carbons (Fsp3) is 0.312. The van der Waals surface area contributed by atoms with E-state index in [1.807, 2.05) is 24.3 Å². The zero-order valence-electron chi connectivity index (χ0n) is 13.1. The van der Waals surface area contributed by atoms with Gasteiger partial charge in [-0.1, -0.05) is 36.1 Å². The smallest absolute Gasteiger partial charge is 0.326 e. The molecule has 5 nitrogen and oxygen atoms in total. The molecule has 1 heterocycles. The van der Waals surface area contributed by atoms with Crippen LogP contribution in [0.1, 0.15) is 19.4 Å². The Kier molecular flexibility index (Phi) is 5.79. The first-order valence-electron chi connectivity index (χ1n) is 6.99. The largest absolute Gasteiger partial charge is 0.497 e. The Labute approximate surface area is 144 Å². The summed E-state index contributed by atoms with van der Waals surface area (Å²) < 4.78 is 10.6. The second kappa shape index (κ2) is 7.61. The fourth-order valence-electron chi connectivity index (χ4n) is 1.95. The first kappa shape index (κ1) is 17.5. The van der Waals surface area contributed by atoms with Gasteiger partial charge in [0.2, 0.25) is 0 Å². The Balaban J connectivity index is 2.14. The lowest BCUT2D eigenvalue weighted by atomic mass is 10.2. The number of nitrogens with zero attached hydrogens (tertiary/aromatic N) is 1. The van der Waals surface area contributed by atoms with Crippen molar-refractivity contribution in [3.05, 3.63) is 34.7 Å². The molecule has 23 heavy (non-hydrogen) atoms. The molecule has 0 N–H and O–H groups in total. The third-order valence-corrected chi connectivity index (χ3v) is 4.30. The highest BCUT2D eigenvalue weighted by Gasteiger charge is 2.33. The Hall–Kier alpha value is -1.86. The Morgan fingerprint density at radius 1 is 1.43 bits per heavy atom. The van der Waals surface area contributed by atoms with Crippen molar-refractivity contribution >= 4 is 46.3 Å². The number of benzene rings is 1. The van der Waals surface area contributed by atoms with Crippen LogP contribution in [-0.4, -0.2) is 40.9 Å². The van der Waals surface area contributed by atoms with Gasteiger partial charge >= 0.3 is 5.97 Å². The summed E-state index contributed by atoms with van der Waals surface area (Å²) in [5, 5.41) is 0. The van der Waals surface area contributed by atoms with Crippen LogP contribution in [-0.2, 0) is 14.3 Å². The van der Waals surface area contributed by atoms with E-state index in [-0.39, 0.29) is 18.6 Å².